The molecular weight excluding hydrogens is 216 g/mol. The van der Waals surface area contributed by atoms with Crippen molar-refractivity contribution in [1.29, 1.82) is 0 Å². The van der Waals surface area contributed by atoms with Gasteiger partial charge in [0.2, 0.25) is 0 Å². The Hall–Kier alpha value is -2.10. The zero-order valence-corrected chi connectivity index (χ0v) is 9.04. The summed E-state index contributed by atoms with van der Waals surface area (Å²) >= 11 is 0. The molecule has 2 aromatic heterocycles. The fraction of sp³-hybridized carbons (Fsp3) is 0.231. The Morgan fingerprint density at radius 3 is 1.82 bits per heavy atom. The van der Waals surface area contributed by atoms with Gasteiger partial charge in [-0.1, -0.05) is 0 Å². The monoisotopic (exact) mass is 226 g/mol. The van der Waals surface area contributed by atoms with E-state index < -0.39 is 0 Å². The summed E-state index contributed by atoms with van der Waals surface area (Å²) in [7, 11) is 0. The second kappa shape index (κ2) is 3.20. The Morgan fingerprint density at radius 2 is 1.41 bits per heavy atom. The molecule has 2 aliphatic rings. The highest BCUT2D eigenvalue weighted by atomic mass is 16.3. The summed E-state index contributed by atoms with van der Waals surface area (Å²) in [5.41, 5.74) is 1.94. The molecular formula is C13H10N2O2. The lowest BCUT2D eigenvalue weighted by molar-refractivity contribution is 0.549. The van der Waals surface area contributed by atoms with Gasteiger partial charge in [-0.2, -0.15) is 10.2 Å². The summed E-state index contributed by atoms with van der Waals surface area (Å²) in [6, 6.07) is 7.62. The minimum Gasteiger partial charge on any atom is -0.463 e. The summed E-state index contributed by atoms with van der Waals surface area (Å²) in [6.07, 6.45) is 4.42. The molecule has 1 saturated carbocycles. The first kappa shape index (κ1) is 8.98. The number of hydrogen-bond donors (Lipinski definition) is 0. The van der Waals surface area contributed by atoms with Crippen molar-refractivity contribution in [3.05, 3.63) is 48.3 Å². The van der Waals surface area contributed by atoms with Crippen LogP contribution in [0.15, 0.2) is 55.8 Å². The van der Waals surface area contributed by atoms with Crippen LogP contribution < -0.4 is 0 Å². The highest BCUT2D eigenvalue weighted by Gasteiger charge is 2.49. The number of nitrogens with zero attached hydrogens (tertiary/aromatic N) is 2. The van der Waals surface area contributed by atoms with Gasteiger partial charge in [-0.25, -0.2) is 0 Å². The van der Waals surface area contributed by atoms with Crippen LogP contribution in [0.2, 0.25) is 0 Å². The van der Waals surface area contributed by atoms with Gasteiger partial charge in [0.05, 0.1) is 12.5 Å². The van der Waals surface area contributed by atoms with Crippen LogP contribution >= 0.6 is 0 Å². The molecule has 17 heavy (non-hydrogen) atoms. The van der Waals surface area contributed by atoms with Gasteiger partial charge in [0.25, 0.3) is 0 Å². The molecule has 0 bridgehead atoms. The highest BCUT2D eigenvalue weighted by molar-refractivity contribution is 6.12. The van der Waals surface area contributed by atoms with Crippen molar-refractivity contribution in [2.24, 2.45) is 22.0 Å². The second-order valence-corrected chi connectivity index (χ2v) is 4.37. The summed E-state index contributed by atoms with van der Waals surface area (Å²) < 4.78 is 10.7. The lowest BCUT2D eigenvalue weighted by Gasteiger charge is -2.07. The third-order valence-corrected chi connectivity index (χ3v) is 3.31. The smallest absolute Gasteiger partial charge is 0.150 e. The molecule has 4 nitrogen and oxygen atoms in total. The van der Waals surface area contributed by atoms with Gasteiger partial charge in [-0.3, -0.25) is 0 Å². The molecule has 0 radical (unpaired) electrons. The van der Waals surface area contributed by atoms with Gasteiger partial charge < -0.3 is 8.83 Å². The summed E-state index contributed by atoms with van der Waals surface area (Å²) in [5.74, 6) is 2.55. The van der Waals surface area contributed by atoms with E-state index in [0.29, 0.717) is 11.8 Å². The van der Waals surface area contributed by atoms with E-state index in [4.69, 9.17) is 8.83 Å². The first-order valence-electron chi connectivity index (χ1n) is 5.66. The van der Waals surface area contributed by atoms with E-state index in [0.717, 1.165) is 29.4 Å². The maximum absolute atomic E-state index is 5.37. The molecule has 0 amide bonds. The van der Waals surface area contributed by atoms with E-state index in [1.165, 1.54) is 0 Å². The van der Waals surface area contributed by atoms with Crippen molar-refractivity contribution in [2.75, 3.05) is 0 Å². The Kier molecular flexibility index (Phi) is 1.69. The predicted octanol–water partition coefficient (Wildman–Crippen LogP) is 2.72. The van der Waals surface area contributed by atoms with Crippen LogP contribution in [0.25, 0.3) is 0 Å². The topological polar surface area (TPSA) is 51.0 Å². The minimum atomic E-state index is 0.443. The van der Waals surface area contributed by atoms with Gasteiger partial charge in [0, 0.05) is 11.8 Å². The lowest BCUT2D eigenvalue weighted by atomic mass is 10.1. The average Bonchev–Trinajstić information content (AvgIpc) is 2.84. The van der Waals surface area contributed by atoms with E-state index >= 15 is 0 Å². The first-order chi connectivity index (χ1) is 8.43. The standard InChI is InChI=1S/C13H10N2O2/c1-3-10(16-5-1)12-8-7-9(8)13(15-14-12)11-4-2-6-17-11/h1-6,8-9H,7H2/t8-,9+. The predicted molar refractivity (Wildman–Crippen MR) is 62.1 cm³/mol. The molecule has 0 N–H and O–H groups in total. The lowest BCUT2D eigenvalue weighted by Crippen LogP contribution is -2.14. The molecule has 1 fully saturated rings. The van der Waals surface area contributed by atoms with E-state index in [-0.39, 0.29) is 0 Å². The van der Waals surface area contributed by atoms with Gasteiger partial charge >= 0.3 is 0 Å². The molecule has 4 rings (SSSR count). The molecule has 0 saturated heterocycles. The molecule has 0 unspecified atom stereocenters. The van der Waals surface area contributed by atoms with Crippen molar-refractivity contribution in [1.82, 2.24) is 0 Å². The summed E-state index contributed by atoms with van der Waals surface area (Å²) in [5, 5.41) is 8.57. The van der Waals surface area contributed by atoms with Crippen molar-refractivity contribution >= 4 is 11.4 Å². The normalized spacial score (nSPS) is 26.1. The van der Waals surface area contributed by atoms with Crippen LogP contribution in [0.4, 0.5) is 0 Å². The molecule has 1 aliphatic carbocycles. The summed E-state index contributed by atoms with van der Waals surface area (Å²) in [6.45, 7) is 0. The number of hydrogen-bond acceptors (Lipinski definition) is 4. The van der Waals surface area contributed by atoms with Crippen LogP contribution in [0.1, 0.15) is 17.9 Å². The molecule has 1 aliphatic heterocycles. The molecule has 2 aromatic rings. The third kappa shape index (κ3) is 1.30. The van der Waals surface area contributed by atoms with Crippen molar-refractivity contribution < 1.29 is 8.83 Å². The van der Waals surface area contributed by atoms with Crippen molar-refractivity contribution in [3.8, 4) is 0 Å². The Bertz CT molecular complexity index is 539. The zero-order valence-electron chi connectivity index (χ0n) is 9.04. The molecule has 0 spiro atoms. The van der Waals surface area contributed by atoms with E-state index in [2.05, 4.69) is 10.2 Å². The number of furan rings is 2. The van der Waals surface area contributed by atoms with Crippen LogP contribution in [0.3, 0.4) is 0 Å². The molecule has 3 heterocycles. The zero-order chi connectivity index (χ0) is 11.2. The van der Waals surface area contributed by atoms with Gasteiger partial charge in [-0.05, 0) is 30.7 Å². The fourth-order valence-corrected chi connectivity index (χ4v) is 2.37. The van der Waals surface area contributed by atoms with Gasteiger partial charge in [-0.15, -0.1) is 0 Å². The van der Waals surface area contributed by atoms with Gasteiger partial charge in [0.15, 0.2) is 0 Å². The van der Waals surface area contributed by atoms with Crippen molar-refractivity contribution in [2.45, 2.75) is 6.42 Å². The summed E-state index contributed by atoms with van der Waals surface area (Å²) in [4.78, 5) is 0. The maximum Gasteiger partial charge on any atom is 0.150 e. The minimum absolute atomic E-state index is 0.443. The maximum atomic E-state index is 5.37. The Morgan fingerprint density at radius 1 is 0.882 bits per heavy atom. The first-order valence-corrected chi connectivity index (χ1v) is 5.66. The Labute approximate surface area is 97.7 Å². The fourth-order valence-electron chi connectivity index (χ4n) is 2.37. The quantitative estimate of drug-likeness (QED) is 0.790. The SMILES string of the molecule is c1coc(C2=NN=C(c3ccco3)[C@@H]3C[C@H]23)c1. The molecule has 4 heteroatoms. The largest absolute Gasteiger partial charge is 0.463 e. The number of rotatable bonds is 2. The van der Waals surface area contributed by atoms with E-state index in [1.54, 1.807) is 12.5 Å². The molecule has 0 aromatic carbocycles. The van der Waals surface area contributed by atoms with Crippen LogP contribution in [-0.2, 0) is 0 Å². The van der Waals surface area contributed by atoms with Crippen LogP contribution in [-0.4, -0.2) is 11.4 Å². The van der Waals surface area contributed by atoms with Gasteiger partial charge in [0.1, 0.15) is 22.9 Å². The average molecular weight is 226 g/mol. The van der Waals surface area contributed by atoms with E-state index in [9.17, 15) is 0 Å². The number of fused-ring (bicyclic) bond motifs is 1. The van der Waals surface area contributed by atoms with Crippen LogP contribution in [0, 0.1) is 11.8 Å². The molecule has 2 atom stereocenters. The van der Waals surface area contributed by atoms with Crippen LogP contribution in [0.5, 0.6) is 0 Å². The third-order valence-electron chi connectivity index (χ3n) is 3.31. The second-order valence-electron chi connectivity index (χ2n) is 4.37. The molecule has 84 valence electrons. The van der Waals surface area contributed by atoms with E-state index in [1.807, 2.05) is 24.3 Å². The van der Waals surface area contributed by atoms with Crippen molar-refractivity contribution in [3.63, 3.8) is 0 Å². The Balaban J connectivity index is 1.75. The highest BCUT2D eigenvalue weighted by Crippen LogP contribution is 2.46.